The Morgan fingerprint density at radius 3 is 2.60 bits per heavy atom. The Morgan fingerprint density at radius 1 is 1.45 bits per heavy atom. The molecule has 1 N–H and O–H groups in total. The molecule has 1 aromatic carbocycles. The minimum absolute atomic E-state index is 0.00965. The summed E-state index contributed by atoms with van der Waals surface area (Å²) in [7, 11) is -1.87. The van der Waals surface area contributed by atoms with Gasteiger partial charge in [0.2, 0.25) is 0 Å². The van der Waals surface area contributed by atoms with E-state index in [4.69, 9.17) is 0 Å². The molecule has 0 radical (unpaired) electrons. The van der Waals surface area contributed by atoms with Gasteiger partial charge >= 0.3 is 5.97 Å². The molecule has 5 nitrogen and oxygen atoms in total. The van der Waals surface area contributed by atoms with Crippen molar-refractivity contribution in [3.05, 3.63) is 35.1 Å². The summed E-state index contributed by atoms with van der Waals surface area (Å²) in [5, 5.41) is 2.98. The SMILES string of the molecule is COC(=O)c1ccc(CNC(C)CS(C)(=O)=O)cc1F. The van der Waals surface area contributed by atoms with E-state index >= 15 is 0 Å². The lowest BCUT2D eigenvalue weighted by Gasteiger charge is -2.13. The molecule has 20 heavy (non-hydrogen) atoms. The van der Waals surface area contributed by atoms with Crippen LogP contribution >= 0.6 is 0 Å². The number of esters is 1. The van der Waals surface area contributed by atoms with Crippen molar-refractivity contribution in [1.29, 1.82) is 0 Å². The summed E-state index contributed by atoms with van der Waals surface area (Å²) in [5.41, 5.74) is 0.496. The van der Waals surface area contributed by atoms with Crippen molar-refractivity contribution in [2.24, 2.45) is 0 Å². The van der Waals surface area contributed by atoms with Crippen LogP contribution in [-0.2, 0) is 21.1 Å². The smallest absolute Gasteiger partial charge is 0.340 e. The van der Waals surface area contributed by atoms with Crippen molar-refractivity contribution >= 4 is 15.8 Å². The highest BCUT2D eigenvalue weighted by Crippen LogP contribution is 2.11. The second-order valence-electron chi connectivity index (χ2n) is 4.68. The second-order valence-corrected chi connectivity index (χ2v) is 6.86. The van der Waals surface area contributed by atoms with E-state index in [-0.39, 0.29) is 17.4 Å². The fourth-order valence-corrected chi connectivity index (χ4v) is 2.78. The fourth-order valence-electron chi connectivity index (χ4n) is 1.75. The van der Waals surface area contributed by atoms with Crippen LogP contribution in [0, 0.1) is 5.82 Å². The zero-order valence-electron chi connectivity index (χ0n) is 11.6. The van der Waals surface area contributed by atoms with Gasteiger partial charge < -0.3 is 10.1 Å². The molecule has 0 spiro atoms. The number of rotatable bonds is 6. The van der Waals surface area contributed by atoms with E-state index in [0.717, 1.165) is 6.26 Å². The van der Waals surface area contributed by atoms with Crippen LogP contribution in [0.5, 0.6) is 0 Å². The summed E-state index contributed by atoms with van der Waals surface area (Å²) in [6, 6.07) is 3.93. The van der Waals surface area contributed by atoms with Gasteiger partial charge in [0, 0.05) is 18.8 Å². The lowest BCUT2D eigenvalue weighted by Crippen LogP contribution is -2.32. The molecular weight excluding hydrogens is 285 g/mol. The first-order valence-corrected chi connectivity index (χ1v) is 8.07. The number of carbonyl (C=O) groups is 1. The van der Waals surface area contributed by atoms with Crippen molar-refractivity contribution in [3.63, 3.8) is 0 Å². The molecule has 1 rings (SSSR count). The zero-order valence-corrected chi connectivity index (χ0v) is 12.5. The van der Waals surface area contributed by atoms with Crippen LogP contribution in [0.25, 0.3) is 0 Å². The minimum atomic E-state index is -3.06. The molecule has 0 fully saturated rings. The summed E-state index contributed by atoms with van der Waals surface area (Å²) in [6.45, 7) is 2.05. The van der Waals surface area contributed by atoms with Gasteiger partial charge in [0.15, 0.2) is 0 Å². The molecule has 1 atom stereocenters. The maximum Gasteiger partial charge on any atom is 0.340 e. The number of nitrogens with one attached hydrogen (secondary N) is 1. The van der Waals surface area contributed by atoms with E-state index in [0.29, 0.717) is 12.1 Å². The van der Waals surface area contributed by atoms with Crippen LogP contribution < -0.4 is 5.32 Å². The van der Waals surface area contributed by atoms with E-state index < -0.39 is 21.6 Å². The van der Waals surface area contributed by atoms with E-state index in [2.05, 4.69) is 10.1 Å². The van der Waals surface area contributed by atoms with Crippen LogP contribution in [0.15, 0.2) is 18.2 Å². The molecule has 7 heteroatoms. The molecule has 0 bridgehead atoms. The highest BCUT2D eigenvalue weighted by atomic mass is 32.2. The summed E-state index contributed by atoms with van der Waals surface area (Å²) < 4.78 is 40.3. The number of hydrogen-bond acceptors (Lipinski definition) is 5. The molecule has 0 aromatic heterocycles. The van der Waals surface area contributed by atoms with Crippen molar-refractivity contribution in [2.45, 2.75) is 19.5 Å². The minimum Gasteiger partial charge on any atom is -0.465 e. The number of sulfone groups is 1. The molecule has 0 heterocycles. The first-order chi connectivity index (χ1) is 9.23. The van der Waals surface area contributed by atoms with Gasteiger partial charge in [-0.1, -0.05) is 6.07 Å². The summed E-state index contributed by atoms with van der Waals surface area (Å²) in [5.74, 6) is -1.38. The Morgan fingerprint density at radius 2 is 2.10 bits per heavy atom. The average molecular weight is 303 g/mol. The maximum absolute atomic E-state index is 13.7. The Bertz CT molecular complexity index is 586. The van der Waals surface area contributed by atoms with Gasteiger partial charge in [-0.2, -0.15) is 0 Å². The Balaban J connectivity index is 2.66. The summed E-state index contributed by atoms with van der Waals surface area (Å²) >= 11 is 0. The maximum atomic E-state index is 13.7. The van der Waals surface area contributed by atoms with Crippen LogP contribution in [0.3, 0.4) is 0 Å². The predicted octanol–water partition coefficient (Wildman–Crippen LogP) is 1.14. The highest BCUT2D eigenvalue weighted by Gasteiger charge is 2.13. The molecule has 0 saturated carbocycles. The Labute approximate surface area is 118 Å². The van der Waals surface area contributed by atoms with E-state index in [9.17, 15) is 17.6 Å². The lowest BCUT2D eigenvalue weighted by molar-refractivity contribution is 0.0595. The van der Waals surface area contributed by atoms with Gasteiger partial charge in [0.05, 0.1) is 18.4 Å². The molecular formula is C13H18FNO4S. The molecule has 0 aliphatic heterocycles. The van der Waals surface area contributed by atoms with Gasteiger partial charge in [-0.25, -0.2) is 17.6 Å². The van der Waals surface area contributed by atoms with Gasteiger partial charge in [-0.05, 0) is 24.6 Å². The van der Waals surface area contributed by atoms with Crippen LogP contribution in [-0.4, -0.2) is 39.5 Å². The van der Waals surface area contributed by atoms with E-state index in [1.54, 1.807) is 13.0 Å². The quantitative estimate of drug-likeness (QED) is 0.798. The van der Waals surface area contributed by atoms with Crippen molar-refractivity contribution in [2.75, 3.05) is 19.1 Å². The third kappa shape index (κ3) is 5.26. The average Bonchev–Trinajstić information content (AvgIpc) is 2.33. The van der Waals surface area contributed by atoms with Crippen molar-refractivity contribution < 1.29 is 22.3 Å². The highest BCUT2D eigenvalue weighted by molar-refractivity contribution is 7.90. The lowest BCUT2D eigenvalue weighted by atomic mass is 10.1. The summed E-state index contributed by atoms with van der Waals surface area (Å²) in [4.78, 5) is 11.2. The molecule has 1 aromatic rings. The number of halogens is 1. The molecule has 112 valence electrons. The van der Waals surface area contributed by atoms with Gasteiger partial charge in [-0.3, -0.25) is 0 Å². The molecule has 0 aliphatic rings. The van der Waals surface area contributed by atoms with Crippen molar-refractivity contribution in [3.8, 4) is 0 Å². The Hall–Kier alpha value is -1.47. The number of hydrogen-bond donors (Lipinski definition) is 1. The second kappa shape index (κ2) is 6.81. The topological polar surface area (TPSA) is 72.5 Å². The standard InChI is InChI=1S/C13H18FNO4S/c1-9(8-20(3,17)18)15-7-10-4-5-11(12(14)6-10)13(16)19-2/h4-6,9,15H,7-8H2,1-3H3. The van der Waals surface area contributed by atoms with Gasteiger partial charge in [0.1, 0.15) is 15.7 Å². The van der Waals surface area contributed by atoms with Crippen LogP contribution in [0.4, 0.5) is 4.39 Å². The third-order valence-electron chi connectivity index (χ3n) is 2.65. The largest absolute Gasteiger partial charge is 0.465 e. The van der Waals surface area contributed by atoms with Gasteiger partial charge in [0.25, 0.3) is 0 Å². The normalized spacial score (nSPS) is 13.0. The first-order valence-electron chi connectivity index (χ1n) is 6.01. The summed E-state index contributed by atoms with van der Waals surface area (Å²) in [6.07, 6.45) is 1.16. The predicted molar refractivity (Wildman–Crippen MR) is 73.8 cm³/mol. The van der Waals surface area contributed by atoms with Crippen LogP contribution in [0.1, 0.15) is 22.8 Å². The molecule has 0 aliphatic carbocycles. The number of methoxy groups -OCH3 is 1. The third-order valence-corrected chi connectivity index (χ3v) is 3.75. The number of benzene rings is 1. The number of ether oxygens (including phenoxy) is 1. The Kier molecular flexibility index (Phi) is 5.64. The first kappa shape index (κ1) is 16.6. The molecule has 0 saturated heterocycles. The number of carbonyl (C=O) groups excluding carboxylic acids is 1. The van der Waals surface area contributed by atoms with Crippen molar-refractivity contribution in [1.82, 2.24) is 5.32 Å². The zero-order chi connectivity index (χ0) is 15.3. The van der Waals surface area contributed by atoms with Crippen LogP contribution in [0.2, 0.25) is 0 Å². The van der Waals surface area contributed by atoms with E-state index in [1.807, 2.05) is 0 Å². The monoisotopic (exact) mass is 303 g/mol. The van der Waals surface area contributed by atoms with E-state index in [1.165, 1.54) is 19.2 Å². The molecule has 1 unspecified atom stereocenters. The molecule has 0 amide bonds. The van der Waals surface area contributed by atoms with Gasteiger partial charge in [-0.15, -0.1) is 0 Å². The fraction of sp³-hybridized carbons (Fsp3) is 0.462.